The van der Waals surface area contributed by atoms with Crippen molar-refractivity contribution in [1.82, 2.24) is 0 Å². The fourth-order valence-corrected chi connectivity index (χ4v) is 3.03. The van der Waals surface area contributed by atoms with Gasteiger partial charge in [0.1, 0.15) is 24.7 Å². The van der Waals surface area contributed by atoms with Gasteiger partial charge in [0.15, 0.2) is 0 Å². The largest absolute Gasteiger partial charge is 0.494 e. The Labute approximate surface area is 167 Å². The van der Waals surface area contributed by atoms with E-state index in [9.17, 15) is 0 Å². The van der Waals surface area contributed by atoms with Crippen LogP contribution < -0.4 is 9.47 Å². The second-order valence-electron chi connectivity index (χ2n) is 6.73. The molecule has 0 amide bonds. The van der Waals surface area contributed by atoms with Crippen molar-refractivity contribution >= 4 is 0 Å². The molecule has 23 heavy (non-hydrogen) atoms. The maximum Gasteiger partial charge on any atom is 0.137 e. The number of hydrogen-bond donors (Lipinski definition) is 0. The van der Waals surface area contributed by atoms with E-state index in [1.807, 2.05) is 24.3 Å². The molecule has 127 valence electrons. The molecule has 1 saturated heterocycles. The average Bonchev–Trinajstić information content (AvgIpc) is 2.74. The zero-order valence-electron chi connectivity index (χ0n) is 14.9. The van der Waals surface area contributed by atoms with Crippen molar-refractivity contribution in [3.05, 3.63) is 24.3 Å². The Morgan fingerprint density at radius 2 is 1.39 bits per heavy atom. The molecule has 0 saturated carbocycles. The van der Waals surface area contributed by atoms with Crippen molar-refractivity contribution < 1.29 is 46.7 Å². The van der Waals surface area contributed by atoms with Gasteiger partial charge in [-0.05, 0) is 56.4 Å². The summed E-state index contributed by atoms with van der Waals surface area (Å²) < 4.78 is 12.8. The van der Waals surface area contributed by atoms with Crippen molar-refractivity contribution in [1.29, 1.82) is 0 Å². The van der Waals surface area contributed by atoms with Gasteiger partial charge in [0.25, 0.3) is 0 Å². The van der Waals surface area contributed by atoms with E-state index in [4.69, 9.17) is 9.47 Å². The minimum absolute atomic E-state index is 0. The summed E-state index contributed by atoms with van der Waals surface area (Å²) in [7, 11) is 2.37. The Bertz CT molecular complexity index is 414. The minimum atomic E-state index is 0. The molecule has 3 nitrogen and oxygen atoms in total. The maximum atomic E-state index is 5.92. The SMILES string of the molecule is CCCCOc1ccc(OCC[N+]2(C)CCCCCC2)cc1.[Y]. The summed E-state index contributed by atoms with van der Waals surface area (Å²) in [6.07, 6.45) is 7.79. The molecule has 1 aromatic rings. The fourth-order valence-electron chi connectivity index (χ4n) is 3.03. The molecule has 0 aromatic heterocycles. The fraction of sp³-hybridized carbons (Fsp3) is 0.684. The zero-order valence-corrected chi connectivity index (χ0v) is 17.8. The van der Waals surface area contributed by atoms with Crippen LogP contribution in [0.4, 0.5) is 0 Å². The molecule has 2 rings (SSSR count). The number of rotatable bonds is 8. The summed E-state index contributed by atoms with van der Waals surface area (Å²) in [6, 6.07) is 8.05. The van der Waals surface area contributed by atoms with Crippen LogP contribution in [0.15, 0.2) is 24.3 Å². The van der Waals surface area contributed by atoms with Gasteiger partial charge in [0.2, 0.25) is 0 Å². The normalized spacial score (nSPS) is 17.0. The van der Waals surface area contributed by atoms with Crippen LogP contribution in [-0.4, -0.2) is 44.4 Å². The molecule has 0 N–H and O–H groups in total. The van der Waals surface area contributed by atoms with Crippen LogP contribution in [0, 0.1) is 0 Å². The van der Waals surface area contributed by atoms with Gasteiger partial charge in [-0.1, -0.05) is 13.3 Å². The monoisotopic (exact) mass is 395 g/mol. The summed E-state index contributed by atoms with van der Waals surface area (Å²) in [4.78, 5) is 0. The number of likely N-dealkylation sites (tertiary alicyclic amines) is 1. The summed E-state index contributed by atoms with van der Waals surface area (Å²) in [6.45, 7) is 7.47. The van der Waals surface area contributed by atoms with Gasteiger partial charge in [-0.2, -0.15) is 0 Å². The van der Waals surface area contributed by atoms with E-state index in [0.29, 0.717) is 0 Å². The van der Waals surface area contributed by atoms with E-state index < -0.39 is 0 Å². The molecule has 1 heterocycles. The van der Waals surface area contributed by atoms with Crippen LogP contribution in [0.2, 0.25) is 0 Å². The molecule has 0 unspecified atom stereocenters. The molecule has 0 aliphatic carbocycles. The first kappa shape index (κ1) is 20.9. The first-order valence-electron chi connectivity index (χ1n) is 8.91. The Hall–Kier alpha value is -0.116. The predicted octanol–water partition coefficient (Wildman–Crippen LogP) is 4.26. The van der Waals surface area contributed by atoms with Gasteiger partial charge in [-0.15, -0.1) is 0 Å². The molecule has 4 heteroatoms. The number of likely N-dealkylation sites (N-methyl/N-ethyl adjacent to an activating group) is 1. The van der Waals surface area contributed by atoms with E-state index in [1.54, 1.807) is 0 Å². The molecule has 1 aliphatic heterocycles. The maximum absolute atomic E-state index is 5.92. The Morgan fingerprint density at radius 1 is 0.870 bits per heavy atom. The smallest absolute Gasteiger partial charge is 0.137 e. The first-order chi connectivity index (χ1) is 10.7. The average molecular weight is 395 g/mol. The number of hydrogen-bond acceptors (Lipinski definition) is 2. The van der Waals surface area contributed by atoms with Crippen LogP contribution in [0.25, 0.3) is 0 Å². The third-order valence-corrected chi connectivity index (χ3v) is 4.64. The Balaban J connectivity index is 0.00000264. The molecule has 0 atom stereocenters. The van der Waals surface area contributed by atoms with Crippen LogP contribution in [-0.2, 0) is 32.7 Å². The molecular weight excluding hydrogens is 363 g/mol. The summed E-state index contributed by atoms with van der Waals surface area (Å²) in [5.41, 5.74) is 0. The van der Waals surface area contributed by atoms with Crippen molar-refractivity contribution in [2.75, 3.05) is 39.9 Å². The molecule has 0 bridgehead atoms. The van der Waals surface area contributed by atoms with E-state index in [1.165, 1.54) is 38.8 Å². The Kier molecular flexibility index (Phi) is 10.4. The van der Waals surface area contributed by atoms with Gasteiger partial charge < -0.3 is 14.0 Å². The summed E-state index contributed by atoms with van der Waals surface area (Å²) >= 11 is 0. The van der Waals surface area contributed by atoms with E-state index >= 15 is 0 Å². The number of quaternary nitrogens is 1. The zero-order chi connectivity index (χ0) is 15.7. The van der Waals surface area contributed by atoms with Crippen LogP contribution in [0.3, 0.4) is 0 Å². The molecule has 1 radical (unpaired) electrons. The third-order valence-electron chi connectivity index (χ3n) is 4.64. The molecular formula is C19H32NO2Y+. The topological polar surface area (TPSA) is 18.5 Å². The van der Waals surface area contributed by atoms with Crippen molar-refractivity contribution in [3.63, 3.8) is 0 Å². The molecule has 0 spiro atoms. The summed E-state index contributed by atoms with van der Waals surface area (Å²) in [5.74, 6) is 1.89. The van der Waals surface area contributed by atoms with Crippen LogP contribution in [0.5, 0.6) is 11.5 Å². The molecule has 1 aromatic carbocycles. The van der Waals surface area contributed by atoms with Gasteiger partial charge in [0.05, 0.1) is 26.7 Å². The van der Waals surface area contributed by atoms with E-state index in [-0.39, 0.29) is 32.7 Å². The number of ether oxygens (including phenoxy) is 2. The quantitative estimate of drug-likeness (QED) is 0.484. The predicted molar refractivity (Wildman–Crippen MR) is 91.6 cm³/mol. The molecule has 1 aliphatic rings. The number of unbranched alkanes of at least 4 members (excludes halogenated alkanes) is 1. The minimum Gasteiger partial charge on any atom is -0.494 e. The van der Waals surface area contributed by atoms with Crippen LogP contribution >= 0.6 is 0 Å². The molecule has 1 fully saturated rings. The van der Waals surface area contributed by atoms with Gasteiger partial charge in [-0.25, -0.2) is 0 Å². The van der Waals surface area contributed by atoms with Crippen molar-refractivity contribution in [2.24, 2.45) is 0 Å². The van der Waals surface area contributed by atoms with E-state index in [0.717, 1.165) is 48.6 Å². The van der Waals surface area contributed by atoms with Crippen LogP contribution in [0.1, 0.15) is 45.4 Å². The second kappa shape index (κ2) is 11.4. The summed E-state index contributed by atoms with van der Waals surface area (Å²) in [5, 5.41) is 0. The third kappa shape index (κ3) is 8.00. The second-order valence-corrected chi connectivity index (χ2v) is 6.73. The van der Waals surface area contributed by atoms with E-state index in [2.05, 4.69) is 14.0 Å². The first-order valence-corrected chi connectivity index (χ1v) is 8.91. The van der Waals surface area contributed by atoms with Gasteiger partial charge in [0, 0.05) is 32.7 Å². The van der Waals surface area contributed by atoms with Crippen molar-refractivity contribution in [3.8, 4) is 11.5 Å². The van der Waals surface area contributed by atoms with Gasteiger partial charge >= 0.3 is 0 Å². The Morgan fingerprint density at radius 3 is 1.91 bits per heavy atom. The van der Waals surface area contributed by atoms with Crippen molar-refractivity contribution in [2.45, 2.75) is 45.4 Å². The standard InChI is InChI=1S/C19H32NO2.Y/c1-3-4-16-21-18-9-11-19(12-10-18)22-17-15-20(2)13-7-5-6-8-14-20;/h9-12H,3-8,13-17H2,1-2H3;/q+1;. The number of benzene rings is 1. The number of nitrogens with zero attached hydrogens (tertiary/aromatic N) is 1. The van der Waals surface area contributed by atoms with Gasteiger partial charge in [-0.3, -0.25) is 0 Å².